The molecule has 2 aromatic rings. The van der Waals surface area contributed by atoms with Gasteiger partial charge in [0.1, 0.15) is 0 Å². The van der Waals surface area contributed by atoms with E-state index in [2.05, 4.69) is 4.98 Å². The van der Waals surface area contributed by atoms with E-state index in [9.17, 15) is 13.2 Å². The molecule has 0 aliphatic rings. The van der Waals surface area contributed by atoms with E-state index in [1.54, 1.807) is 0 Å². The van der Waals surface area contributed by atoms with Gasteiger partial charge < -0.3 is 5.21 Å². The second kappa shape index (κ2) is 2.38. The fraction of sp³-hybridized carbons (Fsp3) is 0.167. The summed E-state index contributed by atoms with van der Waals surface area (Å²) in [5.74, 6) is 0. The first kappa shape index (κ1) is 8.36. The van der Waals surface area contributed by atoms with Gasteiger partial charge in [0.2, 0.25) is 0 Å². The van der Waals surface area contributed by atoms with E-state index >= 15 is 0 Å². The van der Waals surface area contributed by atoms with Crippen LogP contribution in [0.15, 0.2) is 11.7 Å². The Balaban J connectivity index is 2.76. The summed E-state index contributed by atoms with van der Waals surface area (Å²) in [6.07, 6.45) is -3.83. The van der Waals surface area contributed by atoms with Crippen molar-refractivity contribution in [2.75, 3.05) is 0 Å². The lowest BCUT2D eigenvalue weighted by molar-refractivity contribution is -0.136. The van der Waals surface area contributed by atoms with Crippen LogP contribution >= 0.6 is 11.3 Å². The van der Waals surface area contributed by atoms with Crippen molar-refractivity contribution in [2.45, 2.75) is 6.18 Å². The van der Waals surface area contributed by atoms with Crippen LogP contribution in [0, 0.1) is 0 Å². The average molecular weight is 208 g/mol. The molecule has 0 saturated carbocycles. The Morgan fingerprint density at radius 3 is 2.77 bits per heavy atom. The number of hydrogen-bond donors (Lipinski definition) is 1. The summed E-state index contributed by atoms with van der Waals surface area (Å²) < 4.78 is 37.1. The molecule has 0 aliphatic carbocycles. The Hall–Kier alpha value is -1.24. The highest BCUT2D eigenvalue weighted by Gasteiger charge is 2.35. The van der Waals surface area contributed by atoms with Crippen LogP contribution in [0.5, 0.6) is 0 Å². The van der Waals surface area contributed by atoms with Gasteiger partial charge in [0, 0.05) is 0 Å². The highest BCUT2D eigenvalue weighted by molar-refractivity contribution is 7.16. The summed E-state index contributed by atoms with van der Waals surface area (Å²) in [5, 5.41) is 9.01. The minimum atomic E-state index is -4.45. The zero-order chi connectivity index (χ0) is 9.64. The second-order valence-corrected chi connectivity index (χ2v) is 3.24. The van der Waals surface area contributed by atoms with Crippen molar-refractivity contribution in [3.8, 4) is 0 Å². The van der Waals surface area contributed by atoms with E-state index in [4.69, 9.17) is 5.21 Å². The van der Waals surface area contributed by atoms with Crippen LogP contribution in [-0.4, -0.2) is 14.9 Å². The maximum absolute atomic E-state index is 12.3. The molecule has 2 aromatic heterocycles. The number of halogens is 3. The third-order valence-corrected chi connectivity index (χ3v) is 2.42. The van der Waals surface area contributed by atoms with E-state index in [1.165, 1.54) is 5.51 Å². The third-order valence-electron chi connectivity index (χ3n) is 1.57. The van der Waals surface area contributed by atoms with Crippen LogP contribution in [0.1, 0.15) is 5.56 Å². The van der Waals surface area contributed by atoms with Gasteiger partial charge in [-0.25, -0.2) is 4.98 Å². The Bertz CT molecular complexity index is 444. The Kier molecular flexibility index (Phi) is 1.53. The van der Waals surface area contributed by atoms with Crippen LogP contribution in [0.4, 0.5) is 13.2 Å². The number of thiazole rings is 1. The Labute approximate surface area is 74.0 Å². The van der Waals surface area contributed by atoms with Crippen molar-refractivity contribution in [1.82, 2.24) is 9.71 Å². The highest BCUT2D eigenvalue weighted by Crippen LogP contribution is 2.36. The van der Waals surface area contributed by atoms with Crippen molar-refractivity contribution < 1.29 is 18.4 Å². The first-order valence-corrected chi connectivity index (χ1v) is 4.09. The maximum Gasteiger partial charge on any atom is 0.419 e. The number of aromatic nitrogens is 2. The van der Waals surface area contributed by atoms with Crippen LogP contribution in [0.2, 0.25) is 0 Å². The SMILES string of the molecule is On1cc(C(F)(F)F)c2scnc21. The topological polar surface area (TPSA) is 38.0 Å². The van der Waals surface area contributed by atoms with Gasteiger partial charge in [0.25, 0.3) is 0 Å². The molecule has 0 aromatic carbocycles. The molecule has 0 spiro atoms. The average Bonchev–Trinajstić information content (AvgIpc) is 2.51. The second-order valence-electron chi connectivity index (χ2n) is 2.39. The quantitative estimate of drug-likeness (QED) is 0.675. The predicted molar refractivity (Wildman–Crippen MR) is 39.8 cm³/mol. The lowest BCUT2D eigenvalue weighted by atomic mass is 10.3. The van der Waals surface area contributed by atoms with Crippen molar-refractivity contribution in [3.05, 3.63) is 17.3 Å². The molecule has 3 nitrogen and oxygen atoms in total. The van der Waals surface area contributed by atoms with Crippen molar-refractivity contribution in [3.63, 3.8) is 0 Å². The molecule has 0 saturated heterocycles. The summed E-state index contributed by atoms with van der Waals surface area (Å²) in [5.41, 5.74) is 0.344. The third kappa shape index (κ3) is 1.15. The molecule has 13 heavy (non-hydrogen) atoms. The number of nitrogens with zero attached hydrogens (tertiary/aromatic N) is 2. The fourth-order valence-electron chi connectivity index (χ4n) is 1.03. The molecule has 0 aliphatic heterocycles. The molecule has 0 atom stereocenters. The van der Waals surface area contributed by atoms with Gasteiger partial charge in [0.05, 0.1) is 22.0 Å². The largest absolute Gasteiger partial charge is 0.427 e. The standard InChI is InChI=1S/C6H3F3N2OS/c7-6(8,9)3-1-11(12)5-4(3)13-2-10-5/h1-2,12H. The van der Waals surface area contributed by atoms with Gasteiger partial charge in [-0.15, -0.1) is 11.3 Å². The minimum Gasteiger partial charge on any atom is -0.427 e. The molecule has 0 radical (unpaired) electrons. The lowest BCUT2D eigenvalue weighted by Crippen LogP contribution is -2.03. The van der Waals surface area contributed by atoms with Gasteiger partial charge >= 0.3 is 6.18 Å². The van der Waals surface area contributed by atoms with E-state index in [1.807, 2.05) is 0 Å². The van der Waals surface area contributed by atoms with Crippen molar-refractivity contribution >= 4 is 21.7 Å². The monoisotopic (exact) mass is 208 g/mol. The number of fused-ring (bicyclic) bond motifs is 1. The van der Waals surface area contributed by atoms with Gasteiger partial charge in [0.15, 0.2) is 5.65 Å². The Morgan fingerprint density at radius 1 is 1.46 bits per heavy atom. The molecule has 0 amide bonds. The number of rotatable bonds is 0. The molecular formula is C6H3F3N2OS. The van der Waals surface area contributed by atoms with Gasteiger partial charge in [-0.3, -0.25) is 0 Å². The molecule has 2 rings (SSSR count). The van der Waals surface area contributed by atoms with Crippen molar-refractivity contribution in [2.24, 2.45) is 0 Å². The number of alkyl halides is 3. The van der Waals surface area contributed by atoms with Crippen LogP contribution < -0.4 is 0 Å². The summed E-state index contributed by atoms with van der Waals surface area (Å²) in [4.78, 5) is 3.58. The summed E-state index contributed by atoms with van der Waals surface area (Å²) in [7, 11) is 0. The first-order chi connectivity index (χ1) is 6.00. The molecule has 70 valence electrons. The summed E-state index contributed by atoms with van der Waals surface area (Å²) >= 11 is 0.850. The Morgan fingerprint density at radius 2 is 2.15 bits per heavy atom. The molecule has 2 heterocycles. The minimum absolute atomic E-state index is 0.0463. The smallest absolute Gasteiger partial charge is 0.419 e. The van der Waals surface area contributed by atoms with Crippen LogP contribution in [0.25, 0.3) is 10.3 Å². The molecule has 0 unspecified atom stereocenters. The van der Waals surface area contributed by atoms with Crippen LogP contribution in [-0.2, 0) is 6.18 Å². The van der Waals surface area contributed by atoms with E-state index in [0.717, 1.165) is 11.3 Å². The summed E-state index contributed by atoms with van der Waals surface area (Å²) in [6.45, 7) is 0. The molecule has 1 N–H and O–H groups in total. The molecule has 0 bridgehead atoms. The van der Waals surface area contributed by atoms with E-state index in [0.29, 0.717) is 10.9 Å². The lowest BCUT2D eigenvalue weighted by Gasteiger charge is -2.01. The van der Waals surface area contributed by atoms with Crippen LogP contribution in [0.3, 0.4) is 0 Å². The molecule has 7 heteroatoms. The predicted octanol–water partition coefficient (Wildman–Crippen LogP) is 2.35. The summed E-state index contributed by atoms with van der Waals surface area (Å²) in [6, 6.07) is 0. The van der Waals surface area contributed by atoms with Gasteiger partial charge in [-0.05, 0) is 0 Å². The fourth-order valence-corrected chi connectivity index (χ4v) is 1.84. The zero-order valence-corrected chi connectivity index (χ0v) is 6.85. The number of hydrogen-bond acceptors (Lipinski definition) is 3. The normalized spacial score (nSPS) is 12.5. The van der Waals surface area contributed by atoms with Crippen molar-refractivity contribution in [1.29, 1.82) is 0 Å². The zero-order valence-electron chi connectivity index (χ0n) is 6.04. The van der Waals surface area contributed by atoms with E-state index < -0.39 is 11.7 Å². The van der Waals surface area contributed by atoms with Gasteiger partial charge in [-0.2, -0.15) is 17.9 Å². The highest BCUT2D eigenvalue weighted by atomic mass is 32.1. The van der Waals surface area contributed by atoms with E-state index in [-0.39, 0.29) is 10.3 Å². The molecule has 0 fully saturated rings. The molecular weight excluding hydrogens is 205 g/mol. The maximum atomic E-state index is 12.3. The van der Waals surface area contributed by atoms with Gasteiger partial charge in [-0.1, -0.05) is 0 Å². The first-order valence-electron chi connectivity index (χ1n) is 3.21.